The van der Waals surface area contributed by atoms with Crippen molar-refractivity contribution in [2.45, 2.75) is 12.1 Å². The molecule has 0 spiro atoms. The summed E-state index contributed by atoms with van der Waals surface area (Å²) in [5, 5.41) is 35.9. The quantitative estimate of drug-likeness (QED) is 0.533. The second kappa shape index (κ2) is 6.75. The third kappa shape index (κ3) is 3.36. The zero-order chi connectivity index (χ0) is 19.7. The average molecular weight is 368 g/mol. The van der Waals surface area contributed by atoms with Crippen LogP contribution in [0.1, 0.15) is 47.0 Å². The Morgan fingerprint density at radius 3 is 1.64 bits per heavy atom. The van der Waals surface area contributed by atoms with Crippen LogP contribution in [0, 0.1) is 0 Å². The fourth-order valence-electron chi connectivity index (χ4n) is 2.04. The molecule has 8 nitrogen and oxygen atoms in total. The molecule has 0 saturated heterocycles. The molecule has 0 heterocycles. The van der Waals surface area contributed by atoms with Gasteiger partial charge in [0.25, 0.3) is 0 Å². The smallest absolute Gasteiger partial charge is 0.337 e. The van der Waals surface area contributed by atoms with Gasteiger partial charge in [0.2, 0.25) is 0 Å². The van der Waals surface area contributed by atoms with E-state index in [1.54, 1.807) is 0 Å². The van der Waals surface area contributed by atoms with Gasteiger partial charge in [-0.3, -0.25) is 0 Å². The van der Waals surface area contributed by atoms with Crippen LogP contribution in [0.4, 0.5) is 17.6 Å². The van der Waals surface area contributed by atoms with Gasteiger partial charge in [-0.1, -0.05) is 0 Å². The molecule has 1 aromatic carbocycles. The van der Waals surface area contributed by atoms with Crippen molar-refractivity contribution in [2.75, 3.05) is 6.67 Å². The van der Waals surface area contributed by atoms with Crippen molar-refractivity contribution >= 4 is 23.9 Å². The summed E-state index contributed by atoms with van der Waals surface area (Å²) in [5.41, 5.74) is -8.72. The Kier molecular flexibility index (Phi) is 5.36. The molecule has 0 amide bonds. The summed E-state index contributed by atoms with van der Waals surface area (Å²) in [5.74, 6) is -14.1. The molecule has 0 fully saturated rings. The topological polar surface area (TPSA) is 149 Å². The molecule has 1 rings (SSSR count). The normalized spacial score (nSPS) is 12.5. The number of benzene rings is 1. The lowest BCUT2D eigenvalue weighted by Gasteiger charge is -2.23. The van der Waals surface area contributed by atoms with E-state index < -0.39 is 70.5 Å². The number of hydrogen-bond acceptors (Lipinski definition) is 4. The minimum Gasteiger partial charge on any atom is -0.478 e. The van der Waals surface area contributed by atoms with Crippen molar-refractivity contribution in [3.05, 3.63) is 33.9 Å². The lowest BCUT2D eigenvalue weighted by Crippen LogP contribution is -2.33. The highest BCUT2D eigenvalue weighted by Gasteiger charge is 2.48. The highest BCUT2D eigenvalue weighted by molar-refractivity contribution is 6.14. The summed E-state index contributed by atoms with van der Waals surface area (Å²) >= 11 is 0. The second-order valence-electron chi connectivity index (χ2n) is 4.56. The third-order valence-corrected chi connectivity index (χ3v) is 3.09. The molecule has 4 N–H and O–H groups in total. The highest BCUT2D eigenvalue weighted by Crippen LogP contribution is 2.39. The summed E-state index contributed by atoms with van der Waals surface area (Å²) in [4.78, 5) is 44.6. The van der Waals surface area contributed by atoms with Crippen molar-refractivity contribution in [1.29, 1.82) is 0 Å². The average Bonchev–Trinajstić information content (AvgIpc) is 2.50. The molecule has 1 atom stereocenters. The molecular weight excluding hydrogens is 360 g/mol. The van der Waals surface area contributed by atoms with E-state index >= 15 is 0 Å². The van der Waals surface area contributed by atoms with Crippen LogP contribution in [-0.4, -0.2) is 57.1 Å². The van der Waals surface area contributed by atoms with Crippen LogP contribution >= 0.6 is 0 Å². The Hall–Kier alpha value is -3.18. The number of aromatic carboxylic acids is 4. The maximum absolute atomic E-state index is 14.0. The maximum atomic E-state index is 14.0. The molecule has 0 radical (unpaired) electrons. The molecule has 25 heavy (non-hydrogen) atoms. The van der Waals surface area contributed by atoms with Crippen LogP contribution in [0.2, 0.25) is 0 Å². The number of halogens is 4. The summed E-state index contributed by atoms with van der Waals surface area (Å²) in [6, 6.07) is -0.191. The fraction of sp³-hybridized carbons (Fsp3) is 0.231. The highest BCUT2D eigenvalue weighted by atomic mass is 19.3. The van der Waals surface area contributed by atoms with Crippen molar-refractivity contribution < 1.29 is 57.2 Å². The Morgan fingerprint density at radius 2 is 1.32 bits per heavy atom. The van der Waals surface area contributed by atoms with Crippen molar-refractivity contribution in [2.24, 2.45) is 0 Å². The van der Waals surface area contributed by atoms with E-state index in [2.05, 4.69) is 0 Å². The van der Waals surface area contributed by atoms with Crippen molar-refractivity contribution in [1.82, 2.24) is 0 Å². The number of carboxylic acids is 4. The first kappa shape index (κ1) is 19.9. The molecular formula is C13H8F4O8. The van der Waals surface area contributed by atoms with Crippen LogP contribution in [0.3, 0.4) is 0 Å². The molecule has 0 saturated carbocycles. The number of alkyl halides is 4. The SMILES string of the molecule is O=C(O)c1cc(C(F)(F)C(F)CF)c(C(=O)O)c(C(=O)O)c1C(=O)O. The molecule has 136 valence electrons. The molecule has 1 unspecified atom stereocenters. The van der Waals surface area contributed by atoms with Crippen molar-refractivity contribution in [3.8, 4) is 0 Å². The van der Waals surface area contributed by atoms with Gasteiger partial charge in [-0.25, -0.2) is 28.0 Å². The van der Waals surface area contributed by atoms with Gasteiger partial charge < -0.3 is 20.4 Å². The van der Waals surface area contributed by atoms with E-state index in [-0.39, 0.29) is 6.07 Å². The second-order valence-corrected chi connectivity index (χ2v) is 4.56. The first-order valence-electron chi connectivity index (χ1n) is 6.10. The first-order chi connectivity index (χ1) is 11.4. The lowest BCUT2D eigenvalue weighted by molar-refractivity contribution is -0.0864. The Bertz CT molecular complexity index is 774. The van der Waals surface area contributed by atoms with Crippen LogP contribution in [0.25, 0.3) is 0 Å². The van der Waals surface area contributed by atoms with Gasteiger partial charge in [0.15, 0.2) is 6.17 Å². The number of hydrogen-bond donors (Lipinski definition) is 4. The van der Waals surface area contributed by atoms with Gasteiger partial charge in [0.1, 0.15) is 6.67 Å². The predicted octanol–water partition coefficient (Wildman–Crippen LogP) is 1.88. The van der Waals surface area contributed by atoms with E-state index in [0.717, 1.165) is 0 Å². The molecule has 0 aromatic heterocycles. The standard InChI is InChI=1S/C13H8F4O8/c14-2-5(15)13(16,17)4-1-3(9(18)19)6(10(20)21)8(12(24)25)7(4)11(22)23/h1,5H,2H2,(H,18,19)(H,20,21)(H,22,23)(H,24,25). The van der Waals surface area contributed by atoms with E-state index in [9.17, 15) is 36.7 Å². The Labute approximate surface area is 134 Å². The van der Waals surface area contributed by atoms with Crippen LogP contribution in [0.5, 0.6) is 0 Å². The minimum atomic E-state index is -4.94. The largest absolute Gasteiger partial charge is 0.478 e. The van der Waals surface area contributed by atoms with Gasteiger partial charge in [-0.05, 0) is 6.07 Å². The van der Waals surface area contributed by atoms with Gasteiger partial charge in [-0.15, -0.1) is 0 Å². The van der Waals surface area contributed by atoms with Gasteiger partial charge in [-0.2, -0.15) is 8.78 Å². The van der Waals surface area contributed by atoms with E-state index in [1.807, 2.05) is 0 Å². The Balaban J connectivity index is 4.17. The zero-order valence-corrected chi connectivity index (χ0v) is 11.8. The van der Waals surface area contributed by atoms with Crippen LogP contribution in [0.15, 0.2) is 6.07 Å². The summed E-state index contributed by atoms with van der Waals surface area (Å²) in [7, 11) is 0. The number of carboxylic acid groups (broad SMARTS) is 4. The monoisotopic (exact) mass is 368 g/mol. The molecule has 0 bridgehead atoms. The minimum absolute atomic E-state index is 0.191. The van der Waals surface area contributed by atoms with Gasteiger partial charge in [0.05, 0.1) is 22.3 Å². The summed E-state index contributed by atoms with van der Waals surface area (Å²) in [6.45, 7) is -2.29. The van der Waals surface area contributed by atoms with E-state index in [1.165, 1.54) is 0 Å². The lowest BCUT2D eigenvalue weighted by atomic mass is 9.87. The third-order valence-electron chi connectivity index (χ3n) is 3.09. The molecule has 0 aliphatic rings. The zero-order valence-electron chi connectivity index (χ0n) is 11.8. The van der Waals surface area contributed by atoms with E-state index in [0.29, 0.717) is 0 Å². The van der Waals surface area contributed by atoms with Crippen molar-refractivity contribution in [3.63, 3.8) is 0 Å². The molecule has 0 aliphatic carbocycles. The number of carbonyl (C=O) groups is 4. The van der Waals surface area contributed by atoms with Gasteiger partial charge >= 0.3 is 29.8 Å². The first-order valence-corrected chi connectivity index (χ1v) is 6.10. The summed E-state index contributed by atoms with van der Waals surface area (Å²) in [6.07, 6.45) is -3.62. The number of rotatable bonds is 7. The Morgan fingerprint density at radius 1 is 0.880 bits per heavy atom. The molecule has 12 heteroatoms. The fourth-order valence-corrected chi connectivity index (χ4v) is 2.04. The maximum Gasteiger partial charge on any atom is 0.337 e. The summed E-state index contributed by atoms with van der Waals surface area (Å²) < 4.78 is 53.5. The van der Waals surface area contributed by atoms with Crippen LogP contribution in [-0.2, 0) is 5.92 Å². The van der Waals surface area contributed by atoms with Gasteiger partial charge in [0, 0.05) is 5.56 Å². The molecule has 0 aliphatic heterocycles. The predicted molar refractivity (Wildman–Crippen MR) is 69.0 cm³/mol. The van der Waals surface area contributed by atoms with Crippen LogP contribution < -0.4 is 0 Å². The van der Waals surface area contributed by atoms with E-state index in [4.69, 9.17) is 20.4 Å². The molecule has 1 aromatic rings.